The van der Waals surface area contributed by atoms with Gasteiger partial charge in [0.2, 0.25) is 15.9 Å². The highest BCUT2D eigenvalue weighted by atomic mass is 35.5. The number of benzene rings is 2. The SMILES string of the molecule is CC1CS(=O)(=O)N(c2ccc(Cl)c(C(=O)Nc3ccc(N4CCN(C)CC4)cc3)c2)C1=O. The van der Waals surface area contributed by atoms with Crippen molar-refractivity contribution in [3.63, 3.8) is 0 Å². The Bertz CT molecular complexity index is 1150. The van der Waals surface area contributed by atoms with Crippen molar-refractivity contribution in [2.75, 3.05) is 53.5 Å². The van der Waals surface area contributed by atoms with Gasteiger partial charge in [-0.2, -0.15) is 0 Å². The van der Waals surface area contributed by atoms with E-state index in [0.717, 1.165) is 36.2 Å². The largest absolute Gasteiger partial charge is 0.369 e. The third kappa shape index (κ3) is 4.46. The minimum Gasteiger partial charge on any atom is -0.369 e. The third-order valence-electron chi connectivity index (χ3n) is 5.78. The molecule has 2 aromatic rings. The molecule has 2 saturated heterocycles. The highest BCUT2D eigenvalue weighted by Crippen LogP contribution is 2.31. The van der Waals surface area contributed by atoms with Crippen LogP contribution >= 0.6 is 11.6 Å². The summed E-state index contributed by atoms with van der Waals surface area (Å²) < 4.78 is 25.5. The topological polar surface area (TPSA) is 90.0 Å². The van der Waals surface area contributed by atoms with E-state index in [1.165, 1.54) is 18.2 Å². The first-order valence-electron chi connectivity index (χ1n) is 10.4. The molecule has 2 aromatic carbocycles. The molecule has 1 unspecified atom stereocenters. The summed E-state index contributed by atoms with van der Waals surface area (Å²) in [5.41, 5.74) is 1.88. The van der Waals surface area contributed by atoms with Crippen LogP contribution in [-0.4, -0.2) is 64.1 Å². The number of carbonyl (C=O) groups is 2. The van der Waals surface area contributed by atoms with Crippen LogP contribution in [0, 0.1) is 5.92 Å². The van der Waals surface area contributed by atoms with Crippen LogP contribution in [-0.2, 0) is 14.8 Å². The van der Waals surface area contributed by atoms with Crippen molar-refractivity contribution < 1.29 is 18.0 Å². The fraction of sp³-hybridized carbons (Fsp3) is 0.364. The van der Waals surface area contributed by atoms with E-state index in [9.17, 15) is 18.0 Å². The molecule has 2 amide bonds. The van der Waals surface area contributed by atoms with E-state index >= 15 is 0 Å². The molecule has 2 aliphatic rings. The van der Waals surface area contributed by atoms with E-state index in [4.69, 9.17) is 11.6 Å². The lowest BCUT2D eigenvalue weighted by atomic mass is 10.1. The maximum Gasteiger partial charge on any atom is 0.257 e. The minimum absolute atomic E-state index is 0.0925. The van der Waals surface area contributed by atoms with Gasteiger partial charge in [0.1, 0.15) is 0 Å². The number of carbonyl (C=O) groups excluding carboxylic acids is 2. The van der Waals surface area contributed by atoms with Gasteiger partial charge in [-0.15, -0.1) is 0 Å². The number of amides is 2. The first kappa shape index (κ1) is 22.6. The molecule has 0 bridgehead atoms. The average Bonchev–Trinajstić information content (AvgIpc) is 2.96. The maximum atomic E-state index is 12.9. The summed E-state index contributed by atoms with van der Waals surface area (Å²) in [5.74, 6) is -1.89. The summed E-state index contributed by atoms with van der Waals surface area (Å²) in [4.78, 5) is 29.8. The zero-order valence-corrected chi connectivity index (χ0v) is 19.5. The Morgan fingerprint density at radius 1 is 1.03 bits per heavy atom. The van der Waals surface area contributed by atoms with Crippen molar-refractivity contribution in [3.8, 4) is 0 Å². The third-order valence-corrected chi connectivity index (χ3v) is 7.98. The summed E-state index contributed by atoms with van der Waals surface area (Å²) in [6.07, 6.45) is 0. The first-order valence-corrected chi connectivity index (χ1v) is 12.4. The van der Waals surface area contributed by atoms with Crippen LogP contribution in [0.1, 0.15) is 17.3 Å². The fourth-order valence-electron chi connectivity index (χ4n) is 3.92. The molecule has 0 aliphatic carbocycles. The van der Waals surface area contributed by atoms with Crippen LogP contribution in [0.3, 0.4) is 0 Å². The predicted octanol–water partition coefficient (Wildman–Crippen LogP) is 2.66. The zero-order valence-electron chi connectivity index (χ0n) is 17.9. The van der Waals surface area contributed by atoms with Gasteiger partial charge in [0.25, 0.3) is 5.91 Å². The van der Waals surface area contributed by atoms with Crippen molar-refractivity contribution in [1.82, 2.24) is 4.90 Å². The van der Waals surface area contributed by atoms with Crippen LogP contribution in [0.5, 0.6) is 0 Å². The lowest BCUT2D eigenvalue weighted by Gasteiger charge is -2.34. The Labute approximate surface area is 192 Å². The van der Waals surface area contributed by atoms with Gasteiger partial charge in [-0.3, -0.25) is 9.59 Å². The molecule has 0 saturated carbocycles. The number of anilines is 3. The van der Waals surface area contributed by atoms with Crippen molar-refractivity contribution in [2.24, 2.45) is 5.92 Å². The molecular formula is C22H25ClN4O4S. The maximum absolute atomic E-state index is 12.9. The van der Waals surface area contributed by atoms with Gasteiger partial charge in [-0.05, 0) is 49.5 Å². The van der Waals surface area contributed by atoms with E-state index in [2.05, 4.69) is 22.2 Å². The second kappa shape index (κ2) is 8.73. The lowest BCUT2D eigenvalue weighted by molar-refractivity contribution is -0.119. The van der Waals surface area contributed by atoms with Gasteiger partial charge in [0.15, 0.2) is 0 Å². The quantitative estimate of drug-likeness (QED) is 0.729. The molecule has 8 nitrogen and oxygen atoms in total. The van der Waals surface area contributed by atoms with Gasteiger partial charge in [0.05, 0.1) is 27.9 Å². The van der Waals surface area contributed by atoms with Crippen LogP contribution in [0.4, 0.5) is 17.1 Å². The molecular weight excluding hydrogens is 452 g/mol. The summed E-state index contributed by atoms with van der Waals surface area (Å²) in [7, 11) is -1.67. The van der Waals surface area contributed by atoms with Crippen molar-refractivity contribution >= 4 is 50.5 Å². The number of hydrogen-bond acceptors (Lipinski definition) is 6. The van der Waals surface area contributed by atoms with Crippen molar-refractivity contribution in [2.45, 2.75) is 6.92 Å². The lowest BCUT2D eigenvalue weighted by Crippen LogP contribution is -2.44. The standard InChI is InChI=1S/C22H25ClN4O4S/c1-15-14-32(30,31)27(22(15)29)18-7-8-20(23)19(13-18)21(28)24-16-3-5-17(6-4-16)26-11-9-25(2)10-12-26/h3-8,13,15H,9-12,14H2,1-2H3,(H,24,28). The molecule has 32 heavy (non-hydrogen) atoms. The van der Waals surface area contributed by atoms with Gasteiger partial charge in [-0.25, -0.2) is 12.7 Å². The van der Waals surface area contributed by atoms with Crippen LogP contribution in [0.2, 0.25) is 5.02 Å². The number of nitrogens with one attached hydrogen (secondary N) is 1. The van der Waals surface area contributed by atoms with E-state index in [1.807, 2.05) is 24.3 Å². The molecule has 10 heteroatoms. The zero-order chi connectivity index (χ0) is 23.0. The molecule has 0 spiro atoms. The summed E-state index contributed by atoms with van der Waals surface area (Å²) in [5, 5.41) is 2.96. The molecule has 2 fully saturated rings. The van der Waals surface area contributed by atoms with E-state index in [-0.39, 0.29) is 22.0 Å². The average molecular weight is 477 g/mol. The molecule has 1 atom stereocenters. The number of halogens is 1. The van der Waals surface area contributed by atoms with Gasteiger partial charge in [0, 0.05) is 37.6 Å². The van der Waals surface area contributed by atoms with E-state index in [1.54, 1.807) is 6.92 Å². The Morgan fingerprint density at radius 2 is 1.66 bits per heavy atom. The molecule has 0 aromatic heterocycles. The molecule has 2 heterocycles. The highest BCUT2D eigenvalue weighted by Gasteiger charge is 2.42. The molecule has 0 radical (unpaired) electrons. The number of rotatable bonds is 4. The van der Waals surface area contributed by atoms with Crippen molar-refractivity contribution in [1.29, 1.82) is 0 Å². The van der Waals surface area contributed by atoms with Gasteiger partial charge >= 0.3 is 0 Å². The molecule has 4 rings (SSSR count). The van der Waals surface area contributed by atoms with Gasteiger partial charge in [-0.1, -0.05) is 18.5 Å². The Balaban J connectivity index is 1.51. The fourth-order valence-corrected chi connectivity index (χ4v) is 5.93. The molecule has 2 aliphatic heterocycles. The number of hydrogen-bond donors (Lipinski definition) is 1. The molecule has 1 N–H and O–H groups in total. The molecule has 170 valence electrons. The number of piperazine rings is 1. The normalized spacial score (nSPS) is 21.1. The van der Waals surface area contributed by atoms with Gasteiger partial charge < -0.3 is 15.1 Å². The van der Waals surface area contributed by atoms with Crippen LogP contribution in [0.25, 0.3) is 0 Å². The van der Waals surface area contributed by atoms with Crippen LogP contribution in [0.15, 0.2) is 42.5 Å². The summed E-state index contributed by atoms with van der Waals surface area (Å²) in [6.45, 7) is 5.46. The summed E-state index contributed by atoms with van der Waals surface area (Å²) >= 11 is 6.21. The Kier molecular flexibility index (Phi) is 6.15. The second-order valence-electron chi connectivity index (χ2n) is 8.24. The minimum atomic E-state index is -3.77. The van der Waals surface area contributed by atoms with Crippen LogP contribution < -0.4 is 14.5 Å². The Hall–Kier alpha value is -2.62. The van der Waals surface area contributed by atoms with E-state index < -0.39 is 27.8 Å². The monoisotopic (exact) mass is 476 g/mol. The van der Waals surface area contributed by atoms with E-state index in [0.29, 0.717) is 5.69 Å². The number of nitrogens with zero attached hydrogens (tertiary/aromatic N) is 3. The number of sulfonamides is 1. The highest BCUT2D eigenvalue weighted by molar-refractivity contribution is 7.94. The second-order valence-corrected chi connectivity index (χ2v) is 10.5. The summed E-state index contributed by atoms with van der Waals surface area (Å²) in [6, 6.07) is 11.7. The predicted molar refractivity (Wildman–Crippen MR) is 126 cm³/mol. The first-order chi connectivity index (χ1) is 15.2. The number of likely N-dealkylation sites (N-methyl/N-ethyl adjacent to an activating group) is 1. The Morgan fingerprint density at radius 3 is 2.25 bits per heavy atom. The van der Waals surface area contributed by atoms with Crippen molar-refractivity contribution in [3.05, 3.63) is 53.1 Å². The smallest absolute Gasteiger partial charge is 0.257 e.